The molecule has 1 N–H and O–H groups in total. The van der Waals surface area contributed by atoms with E-state index in [2.05, 4.69) is 24.3 Å². The van der Waals surface area contributed by atoms with E-state index in [0.717, 1.165) is 17.7 Å². The molecule has 2 amide bonds. The number of hydrogen-bond acceptors (Lipinski definition) is 6. The lowest BCUT2D eigenvalue weighted by Crippen LogP contribution is -2.49. The van der Waals surface area contributed by atoms with Gasteiger partial charge in [0.15, 0.2) is 5.69 Å². The predicted molar refractivity (Wildman–Crippen MR) is 158 cm³/mol. The van der Waals surface area contributed by atoms with Gasteiger partial charge < -0.3 is 24.6 Å². The Kier molecular flexibility index (Phi) is 11.1. The van der Waals surface area contributed by atoms with Crippen molar-refractivity contribution in [2.24, 2.45) is 5.92 Å². The summed E-state index contributed by atoms with van der Waals surface area (Å²) >= 11 is 0. The maximum absolute atomic E-state index is 13.6. The number of likely N-dealkylation sites (N-methyl/N-ethyl adjacent to an activating group) is 2. The van der Waals surface area contributed by atoms with Crippen LogP contribution in [-0.4, -0.2) is 85.9 Å². The molecule has 0 aliphatic rings. The number of carbonyl (C=O) groups excluding carboxylic acids is 2. The Bertz CT molecular complexity index is 1230. The Morgan fingerprint density at radius 1 is 0.950 bits per heavy atom. The minimum atomic E-state index is -0.695. The van der Waals surface area contributed by atoms with Gasteiger partial charge in [-0.2, -0.15) is 5.10 Å². The minimum Gasteiger partial charge on any atom is -0.496 e. The molecule has 40 heavy (non-hydrogen) atoms. The third-order valence-corrected chi connectivity index (χ3v) is 6.66. The maximum atomic E-state index is 13.6. The van der Waals surface area contributed by atoms with Crippen molar-refractivity contribution in [3.63, 3.8) is 0 Å². The number of nitrogens with zero attached hydrogens (tertiary/aromatic N) is 4. The summed E-state index contributed by atoms with van der Waals surface area (Å²) < 4.78 is 13.1. The van der Waals surface area contributed by atoms with Crippen LogP contribution in [0.5, 0.6) is 11.5 Å². The van der Waals surface area contributed by atoms with E-state index >= 15 is 0 Å². The first kappa shape index (κ1) is 30.7. The summed E-state index contributed by atoms with van der Waals surface area (Å²) in [6, 6.07) is 16.6. The monoisotopic (exact) mass is 549 g/mol. The normalized spacial score (nSPS) is 11.9. The maximum Gasteiger partial charge on any atom is 0.272 e. The summed E-state index contributed by atoms with van der Waals surface area (Å²) in [7, 11) is 8.91. The Labute approximate surface area is 238 Å². The fraction of sp³-hybridized carbons (Fsp3) is 0.452. The molecule has 3 aromatic rings. The molecule has 1 aromatic heterocycles. The molecule has 0 aliphatic heterocycles. The van der Waals surface area contributed by atoms with Gasteiger partial charge in [0.25, 0.3) is 5.91 Å². The molecule has 0 saturated heterocycles. The number of benzene rings is 2. The Morgan fingerprint density at radius 2 is 1.60 bits per heavy atom. The van der Waals surface area contributed by atoms with E-state index in [1.807, 2.05) is 72.2 Å². The first-order valence-electron chi connectivity index (χ1n) is 13.7. The number of aromatic nitrogens is 2. The summed E-state index contributed by atoms with van der Waals surface area (Å²) in [6.07, 6.45) is 1.13. The van der Waals surface area contributed by atoms with Gasteiger partial charge in [-0.05, 0) is 56.6 Å². The van der Waals surface area contributed by atoms with Crippen LogP contribution >= 0.6 is 0 Å². The standard InChI is InChI=1S/C31H43N5O4/c1-22(2)21-36-26(29-27(39-6)14-11-15-28(29)40-7)20-25(33-36)30(37)32-24(17-16-23-12-9-8-10-13-23)31(38)35(5)19-18-34(3)4/h8-15,20,22,24H,16-19,21H2,1-7H3,(H,32,37)/t24-/m0/s1. The molecule has 0 saturated carbocycles. The molecule has 0 fully saturated rings. The zero-order valence-electron chi connectivity index (χ0n) is 24.8. The number of methoxy groups -OCH3 is 2. The topological polar surface area (TPSA) is 88.9 Å². The van der Waals surface area contributed by atoms with Gasteiger partial charge in [-0.15, -0.1) is 0 Å². The summed E-state index contributed by atoms with van der Waals surface area (Å²) in [6.45, 7) is 6.06. The van der Waals surface area contributed by atoms with Gasteiger partial charge in [-0.3, -0.25) is 14.3 Å². The molecule has 0 unspecified atom stereocenters. The fourth-order valence-corrected chi connectivity index (χ4v) is 4.49. The molecule has 0 aliphatic carbocycles. The number of carbonyl (C=O) groups is 2. The van der Waals surface area contributed by atoms with E-state index in [-0.39, 0.29) is 17.5 Å². The first-order valence-corrected chi connectivity index (χ1v) is 13.7. The number of ether oxygens (including phenoxy) is 2. The second-order valence-corrected chi connectivity index (χ2v) is 10.6. The largest absolute Gasteiger partial charge is 0.496 e. The zero-order valence-corrected chi connectivity index (χ0v) is 24.8. The molecular formula is C31H43N5O4. The van der Waals surface area contributed by atoms with E-state index in [0.29, 0.717) is 43.1 Å². The highest BCUT2D eigenvalue weighted by Crippen LogP contribution is 2.38. The summed E-state index contributed by atoms with van der Waals surface area (Å²) in [5.41, 5.74) is 2.78. The quantitative estimate of drug-likeness (QED) is 0.327. The van der Waals surface area contributed by atoms with Crippen LogP contribution in [0.3, 0.4) is 0 Å². The SMILES string of the molecule is COc1cccc(OC)c1-c1cc(C(=O)N[C@@H](CCc2ccccc2)C(=O)N(C)CCN(C)C)nn1CC(C)C. The van der Waals surface area contributed by atoms with Crippen LogP contribution in [0.25, 0.3) is 11.3 Å². The lowest BCUT2D eigenvalue weighted by atomic mass is 10.0. The van der Waals surface area contributed by atoms with Gasteiger partial charge in [0.1, 0.15) is 17.5 Å². The third-order valence-electron chi connectivity index (χ3n) is 6.66. The van der Waals surface area contributed by atoms with E-state index in [1.54, 1.807) is 32.2 Å². The van der Waals surface area contributed by atoms with Crippen molar-refractivity contribution in [1.29, 1.82) is 0 Å². The van der Waals surface area contributed by atoms with Crippen LogP contribution < -0.4 is 14.8 Å². The van der Waals surface area contributed by atoms with Crippen LogP contribution in [0.2, 0.25) is 0 Å². The molecule has 1 atom stereocenters. The Hall–Kier alpha value is -3.85. The highest BCUT2D eigenvalue weighted by atomic mass is 16.5. The average Bonchev–Trinajstić information content (AvgIpc) is 3.36. The predicted octanol–water partition coefficient (Wildman–Crippen LogP) is 3.97. The van der Waals surface area contributed by atoms with Crippen LogP contribution in [0.4, 0.5) is 0 Å². The van der Waals surface area contributed by atoms with Gasteiger partial charge in [-0.25, -0.2) is 0 Å². The molecule has 216 valence electrons. The summed E-state index contributed by atoms with van der Waals surface area (Å²) in [4.78, 5) is 30.8. The average molecular weight is 550 g/mol. The first-order chi connectivity index (χ1) is 19.1. The van der Waals surface area contributed by atoms with Crippen molar-refractivity contribution < 1.29 is 19.1 Å². The third kappa shape index (κ3) is 8.08. The van der Waals surface area contributed by atoms with Crippen LogP contribution in [-0.2, 0) is 17.8 Å². The number of hydrogen-bond donors (Lipinski definition) is 1. The fourth-order valence-electron chi connectivity index (χ4n) is 4.49. The molecule has 0 radical (unpaired) electrons. The molecule has 9 heteroatoms. The molecule has 9 nitrogen and oxygen atoms in total. The van der Waals surface area contributed by atoms with Crippen molar-refractivity contribution in [3.05, 3.63) is 65.9 Å². The summed E-state index contributed by atoms with van der Waals surface area (Å²) in [5.74, 6) is 0.995. The van der Waals surface area contributed by atoms with Gasteiger partial charge >= 0.3 is 0 Å². The molecule has 2 aromatic carbocycles. The van der Waals surface area contributed by atoms with Crippen molar-refractivity contribution in [2.75, 3.05) is 48.5 Å². The van der Waals surface area contributed by atoms with E-state index in [1.165, 1.54) is 0 Å². The second kappa shape index (κ2) is 14.5. The lowest BCUT2D eigenvalue weighted by Gasteiger charge is -2.25. The van der Waals surface area contributed by atoms with Gasteiger partial charge in [-0.1, -0.05) is 50.2 Å². The lowest BCUT2D eigenvalue weighted by molar-refractivity contribution is -0.132. The Balaban J connectivity index is 1.93. The molecule has 0 spiro atoms. The second-order valence-electron chi connectivity index (χ2n) is 10.6. The highest BCUT2D eigenvalue weighted by molar-refractivity contribution is 5.97. The summed E-state index contributed by atoms with van der Waals surface area (Å²) in [5, 5.41) is 7.67. The van der Waals surface area contributed by atoms with Crippen molar-refractivity contribution in [2.45, 2.75) is 39.3 Å². The smallest absolute Gasteiger partial charge is 0.272 e. The number of aryl methyl sites for hydroxylation is 1. The number of nitrogens with one attached hydrogen (secondary N) is 1. The van der Waals surface area contributed by atoms with E-state index in [9.17, 15) is 9.59 Å². The van der Waals surface area contributed by atoms with Crippen molar-refractivity contribution in [1.82, 2.24) is 24.9 Å². The number of amides is 2. The molecule has 0 bridgehead atoms. The van der Waals surface area contributed by atoms with Crippen molar-refractivity contribution in [3.8, 4) is 22.8 Å². The van der Waals surface area contributed by atoms with Crippen LogP contribution in [0.1, 0.15) is 36.3 Å². The molecular weight excluding hydrogens is 506 g/mol. The van der Waals surface area contributed by atoms with E-state index in [4.69, 9.17) is 9.47 Å². The highest BCUT2D eigenvalue weighted by Gasteiger charge is 2.27. The zero-order chi connectivity index (χ0) is 29.2. The Morgan fingerprint density at radius 3 is 2.17 bits per heavy atom. The van der Waals surface area contributed by atoms with Gasteiger partial charge in [0.05, 0.1) is 25.5 Å². The van der Waals surface area contributed by atoms with E-state index < -0.39 is 11.9 Å². The van der Waals surface area contributed by atoms with Crippen LogP contribution in [0.15, 0.2) is 54.6 Å². The number of rotatable bonds is 14. The van der Waals surface area contributed by atoms with Crippen LogP contribution in [0, 0.1) is 5.92 Å². The minimum absolute atomic E-state index is 0.126. The molecule has 3 rings (SSSR count). The van der Waals surface area contributed by atoms with Gasteiger partial charge in [0.2, 0.25) is 5.91 Å². The van der Waals surface area contributed by atoms with Gasteiger partial charge in [0, 0.05) is 26.7 Å². The molecule has 1 heterocycles. The van der Waals surface area contributed by atoms with Crippen molar-refractivity contribution >= 4 is 11.8 Å².